The third kappa shape index (κ3) is 1.33. The number of halogens is 3. The zero-order valence-corrected chi connectivity index (χ0v) is 8.75. The van der Waals surface area contributed by atoms with Crippen molar-refractivity contribution in [1.29, 1.82) is 0 Å². The highest BCUT2D eigenvalue weighted by Crippen LogP contribution is 2.29. The SMILES string of the molecule is Fc1cc(F)c2sc(I)cc2c1. The molecule has 2 rings (SSSR count). The van der Waals surface area contributed by atoms with E-state index in [-0.39, 0.29) is 0 Å². The van der Waals surface area contributed by atoms with Crippen LogP contribution in [0.3, 0.4) is 0 Å². The second-order valence-electron chi connectivity index (χ2n) is 2.36. The fourth-order valence-corrected chi connectivity index (χ4v) is 2.81. The van der Waals surface area contributed by atoms with Crippen LogP contribution < -0.4 is 0 Å². The second-order valence-corrected chi connectivity index (χ2v) is 5.30. The molecule has 1 heterocycles. The van der Waals surface area contributed by atoms with Gasteiger partial charge in [-0.3, -0.25) is 0 Å². The molecular formula is C8H3F2IS. The molecule has 2 aromatic rings. The standard InChI is InChI=1S/C8H3F2IS/c9-5-1-4-2-7(11)12-8(4)6(10)3-5/h1-3H. The first kappa shape index (κ1) is 8.37. The molecule has 1 aromatic heterocycles. The minimum absolute atomic E-state index is 0.474. The first-order chi connectivity index (χ1) is 5.66. The first-order valence-electron chi connectivity index (χ1n) is 3.21. The maximum absolute atomic E-state index is 13.0. The van der Waals surface area contributed by atoms with Crippen LogP contribution >= 0.6 is 33.9 Å². The fourth-order valence-electron chi connectivity index (χ4n) is 1.04. The van der Waals surface area contributed by atoms with E-state index in [1.807, 2.05) is 0 Å². The lowest BCUT2D eigenvalue weighted by Crippen LogP contribution is -1.77. The van der Waals surface area contributed by atoms with Crippen LogP contribution in [-0.2, 0) is 0 Å². The van der Waals surface area contributed by atoms with Crippen LogP contribution in [0, 0.1) is 14.5 Å². The van der Waals surface area contributed by atoms with E-state index in [1.54, 1.807) is 6.07 Å². The Bertz CT molecular complexity index is 436. The molecule has 62 valence electrons. The predicted octanol–water partition coefficient (Wildman–Crippen LogP) is 3.78. The van der Waals surface area contributed by atoms with Gasteiger partial charge in [-0.05, 0) is 40.1 Å². The van der Waals surface area contributed by atoms with Crippen molar-refractivity contribution in [2.45, 2.75) is 0 Å². The minimum atomic E-state index is -0.519. The lowest BCUT2D eigenvalue weighted by atomic mass is 10.2. The van der Waals surface area contributed by atoms with Crippen LogP contribution in [0.5, 0.6) is 0 Å². The molecule has 0 nitrogen and oxygen atoms in total. The Balaban J connectivity index is 2.88. The van der Waals surface area contributed by atoms with E-state index in [9.17, 15) is 8.78 Å². The Morgan fingerprint density at radius 2 is 1.92 bits per heavy atom. The third-order valence-corrected chi connectivity index (χ3v) is 3.43. The van der Waals surface area contributed by atoms with Crippen LogP contribution in [0.15, 0.2) is 18.2 Å². The molecule has 0 saturated carbocycles. The van der Waals surface area contributed by atoms with Gasteiger partial charge in [-0.25, -0.2) is 8.78 Å². The first-order valence-corrected chi connectivity index (χ1v) is 5.10. The summed E-state index contributed by atoms with van der Waals surface area (Å²) in [5.74, 6) is -0.993. The topological polar surface area (TPSA) is 0 Å². The monoisotopic (exact) mass is 296 g/mol. The average molecular weight is 296 g/mol. The fraction of sp³-hybridized carbons (Fsp3) is 0. The summed E-state index contributed by atoms with van der Waals surface area (Å²) in [5.41, 5.74) is 0. The van der Waals surface area contributed by atoms with Crippen molar-refractivity contribution in [1.82, 2.24) is 0 Å². The largest absolute Gasteiger partial charge is 0.207 e. The summed E-state index contributed by atoms with van der Waals surface area (Å²) in [6.45, 7) is 0. The summed E-state index contributed by atoms with van der Waals surface area (Å²) < 4.78 is 27.2. The molecule has 0 spiro atoms. The minimum Gasteiger partial charge on any atom is -0.207 e. The van der Waals surface area contributed by atoms with Gasteiger partial charge in [0.25, 0.3) is 0 Å². The zero-order chi connectivity index (χ0) is 8.72. The van der Waals surface area contributed by atoms with Gasteiger partial charge in [0.1, 0.15) is 11.6 Å². The molecule has 0 bridgehead atoms. The van der Waals surface area contributed by atoms with Crippen molar-refractivity contribution in [2.75, 3.05) is 0 Å². The lowest BCUT2D eigenvalue weighted by molar-refractivity contribution is 0.593. The highest BCUT2D eigenvalue weighted by Gasteiger charge is 2.06. The Labute approximate surface area is 85.3 Å². The van der Waals surface area contributed by atoms with E-state index in [2.05, 4.69) is 22.6 Å². The number of fused-ring (bicyclic) bond motifs is 1. The molecule has 0 saturated heterocycles. The number of rotatable bonds is 0. The van der Waals surface area contributed by atoms with Crippen molar-refractivity contribution in [3.05, 3.63) is 32.7 Å². The predicted molar refractivity (Wildman–Crippen MR) is 54.5 cm³/mol. The van der Waals surface area contributed by atoms with E-state index < -0.39 is 11.6 Å². The molecule has 0 aliphatic carbocycles. The zero-order valence-electron chi connectivity index (χ0n) is 5.77. The summed E-state index contributed by atoms with van der Waals surface area (Å²) in [5, 5.41) is 0.641. The molecule has 0 N–H and O–H groups in total. The van der Waals surface area contributed by atoms with E-state index in [0.717, 1.165) is 8.95 Å². The van der Waals surface area contributed by atoms with Crippen LogP contribution in [0.1, 0.15) is 0 Å². The van der Waals surface area contributed by atoms with Crippen molar-refractivity contribution in [3.63, 3.8) is 0 Å². The molecule has 12 heavy (non-hydrogen) atoms. The molecular weight excluding hydrogens is 293 g/mol. The van der Waals surface area contributed by atoms with E-state index in [1.165, 1.54) is 17.4 Å². The van der Waals surface area contributed by atoms with Gasteiger partial charge in [0.15, 0.2) is 0 Å². The molecule has 0 atom stereocenters. The van der Waals surface area contributed by atoms with Crippen LogP contribution in [0.2, 0.25) is 0 Å². The van der Waals surface area contributed by atoms with Gasteiger partial charge in [0.2, 0.25) is 0 Å². The Morgan fingerprint density at radius 3 is 2.67 bits per heavy atom. The molecule has 0 fully saturated rings. The maximum atomic E-state index is 13.0. The summed E-state index contributed by atoms with van der Waals surface area (Å²) in [7, 11) is 0. The summed E-state index contributed by atoms with van der Waals surface area (Å²) in [4.78, 5) is 0. The van der Waals surface area contributed by atoms with Crippen molar-refractivity contribution < 1.29 is 8.78 Å². The Hall–Kier alpha value is -0.230. The molecule has 4 heteroatoms. The maximum Gasteiger partial charge on any atom is 0.143 e. The number of hydrogen-bond donors (Lipinski definition) is 0. The van der Waals surface area contributed by atoms with Crippen LogP contribution in [-0.4, -0.2) is 0 Å². The number of thiophene rings is 1. The molecule has 0 aliphatic heterocycles. The summed E-state index contributed by atoms with van der Waals surface area (Å²) in [6, 6.07) is 4.03. The van der Waals surface area contributed by atoms with Gasteiger partial charge in [-0.2, -0.15) is 0 Å². The van der Waals surface area contributed by atoms with Gasteiger partial charge in [0, 0.05) is 6.07 Å². The molecule has 0 radical (unpaired) electrons. The lowest BCUT2D eigenvalue weighted by Gasteiger charge is -1.91. The number of hydrogen-bond acceptors (Lipinski definition) is 1. The Morgan fingerprint density at radius 1 is 1.17 bits per heavy atom. The second kappa shape index (κ2) is 2.92. The molecule has 0 unspecified atom stereocenters. The van der Waals surface area contributed by atoms with Crippen LogP contribution in [0.4, 0.5) is 8.78 Å². The van der Waals surface area contributed by atoms with Crippen LogP contribution in [0.25, 0.3) is 10.1 Å². The van der Waals surface area contributed by atoms with Gasteiger partial charge in [-0.1, -0.05) is 0 Å². The van der Waals surface area contributed by atoms with Crippen molar-refractivity contribution >= 4 is 44.0 Å². The molecule has 0 aliphatic rings. The van der Waals surface area contributed by atoms with E-state index >= 15 is 0 Å². The highest BCUT2D eigenvalue weighted by atomic mass is 127. The van der Waals surface area contributed by atoms with E-state index in [4.69, 9.17) is 0 Å². The normalized spacial score (nSPS) is 10.9. The average Bonchev–Trinajstić information content (AvgIpc) is 2.29. The smallest absolute Gasteiger partial charge is 0.143 e. The molecule has 0 amide bonds. The summed E-state index contributed by atoms with van der Waals surface area (Å²) >= 11 is 3.42. The van der Waals surface area contributed by atoms with Gasteiger partial charge >= 0.3 is 0 Å². The van der Waals surface area contributed by atoms with Gasteiger partial charge in [0.05, 0.1) is 7.58 Å². The van der Waals surface area contributed by atoms with Crippen molar-refractivity contribution in [2.24, 2.45) is 0 Å². The van der Waals surface area contributed by atoms with E-state index in [0.29, 0.717) is 10.1 Å². The van der Waals surface area contributed by atoms with Crippen molar-refractivity contribution in [3.8, 4) is 0 Å². The van der Waals surface area contributed by atoms with Gasteiger partial charge in [-0.15, -0.1) is 11.3 Å². The number of benzene rings is 1. The third-order valence-electron chi connectivity index (χ3n) is 1.51. The highest BCUT2D eigenvalue weighted by molar-refractivity contribution is 14.1. The summed E-state index contributed by atoms with van der Waals surface area (Å²) in [6.07, 6.45) is 0. The Kier molecular flexibility index (Phi) is 2.04. The van der Waals surface area contributed by atoms with Gasteiger partial charge < -0.3 is 0 Å². The quantitative estimate of drug-likeness (QED) is 0.649. The molecule has 1 aromatic carbocycles.